The fourth-order valence-corrected chi connectivity index (χ4v) is 4.77. The molecule has 8 nitrogen and oxygen atoms in total. The third-order valence-corrected chi connectivity index (χ3v) is 6.79. The summed E-state index contributed by atoms with van der Waals surface area (Å²) in [4.78, 5) is 14.7. The van der Waals surface area contributed by atoms with E-state index in [0.717, 1.165) is 11.5 Å². The number of carbonyl (C=O) groups is 1. The van der Waals surface area contributed by atoms with Crippen LogP contribution in [0, 0.1) is 0 Å². The molecule has 1 N–H and O–H groups in total. The first-order valence-corrected chi connectivity index (χ1v) is 11.5. The van der Waals surface area contributed by atoms with Gasteiger partial charge in [0, 0.05) is 18.8 Å². The van der Waals surface area contributed by atoms with Crippen molar-refractivity contribution in [3.8, 4) is 0 Å². The number of benzene rings is 1. The minimum Gasteiger partial charge on any atom is -0.468 e. The Labute approximate surface area is 182 Å². The fourth-order valence-electron chi connectivity index (χ4n) is 3.26. The highest BCUT2D eigenvalue weighted by atomic mass is 32.2. The topological polar surface area (TPSA) is 96.0 Å². The van der Waals surface area contributed by atoms with E-state index in [4.69, 9.17) is 8.83 Å². The molecular weight excluding hydrogens is 418 g/mol. The van der Waals surface area contributed by atoms with Gasteiger partial charge in [-0.05, 0) is 42.5 Å². The molecule has 0 spiro atoms. The number of carbonyl (C=O) groups excluding carboxylic acids is 1. The summed E-state index contributed by atoms with van der Waals surface area (Å²) in [6.45, 7) is 5.27. The zero-order chi connectivity index (χ0) is 22.3. The summed E-state index contributed by atoms with van der Waals surface area (Å²) >= 11 is 0. The van der Waals surface area contributed by atoms with Crippen molar-refractivity contribution in [1.82, 2.24) is 9.21 Å². The predicted octanol–water partition coefficient (Wildman–Crippen LogP) is 3.54. The highest BCUT2D eigenvalue weighted by Gasteiger charge is 2.22. The third-order valence-electron chi connectivity index (χ3n) is 4.75. The van der Waals surface area contributed by atoms with Gasteiger partial charge in [-0.1, -0.05) is 19.9 Å². The molecule has 3 rings (SSSR count). The van der Waals surface area contributed by atoms with Crippen LogP contribution in [0.15, 0.2) is 74.8 Å². The normalized spacial score (nSPS) is 11.9. The number of sulfonamides is 1. The van der Waals surface area contributed by atoms with Crippen LogP contribution in [0.1, 0.15) is 25.4 Å². The minimum absolute atomic E-state index is 0.0778. The maximum absolute atomic E-state index is 12.7. The van der Waals surface area contributed by atoms with Gasteiger partial charge >= 0.3 is 0 Å². The van der Waals surface area contributed by atoms with E-state index >= 15 is 0 Å². The number of hydrogen-bond acceptors (Lipinski definition) is 6. The number of nitrogens with one attached hydrogen (secondary N) is 1. The first-order valence-electron chi connectivity index (χ1n) is 10.1. The lowest BCUT2D eigenvalue weighted by atomic mass is 10.3. The van der Waals surface area contributed by atoms with E-state index in [1.165, 1.54) is 16.4 Å². The van der Waals surface area contributed by atoms with Crippen LogP contribution in [0.2, 0.25) is 0 Å². The van der Waals surface area contributed by atoms with E-state index < -0.39 is 10.0 Å². The average molecular weight is 446 g/mol. The zero-order valence-electron chi connectivity index (χ0n) is 17.7. The molecule has 0 aliphatic carbocycles. The van der Waals surface area contributed by atoms with Gasteiger partial charge in [0.1, 0.15) is 11.5 Å². The second-order valence-corrected chi connectivity index (χ2v) is 8.91. The van der Waals surface area contributed by atoms with Crippen molar-refractivity contribution in [3.63, 3.8) is 0 Å². The second-order valence-electron chi connectivity index (χ2n) is 6.97. The van der Waals surface area contributed by atoms with E-state index in [2.05, 4.69) is 5.32 Å². The monoisotopic (exact) mass is 445 g/mol. The average Bonchev–Trinajstić information content (AvgIpc) is 3.43. The van der Waals surface area contributed by atoms with Gasteiger partial charge in [-0.15, -0.1) is 0 Å². The van der Waals surface area contributed by atoms with Crippen molar-refractivity contribution >= 4 is 21.6 Å². The summed E-state index contributed by atoms with van der Waals surface area (Å²) in [5.74, 6) is 1.19. The Morgan fingerprint density at radius 3 is 2.06 bits per heavy atom. The lowest BCUT2D eigenvalue weighted by molar-refractivity contribution is -0.117. The van der Waals surface area contributed by atoms with Crippen molar-refractivity contribution in [2.45, 2.75) is 31.8 Å². The minimum atomic E-state index is -3.60. The van der Waals surface area contributed by atoms with Crippen molar-refractivity contribution in [2.75, 3.05) is 25.0 Å². The molecule has 0 bridgehead atoms. The van der Waals surface area contributed by atoms with Gasteiger partial charge in [0.15, 0.2) is 0 Å². The summed E-state index contributed by atoms with van der Waals surface area (Å²) in [7, 11) is -3.60. The van der Waals surface area contributed by atoms with E-state index in [-0.39, 0.29) is 17.3 Å². The van der Waals surface area contributed by atoms with Crippen LogP contribution in [0.4, 0.5) is 5.69 Å². The SMILES string of the molecule is CCN(CC)S(=O)(=O)c1cccc(NC(=O)CN(Cc2ccco2)Cc2ccco2)c1. The number of nitrogens with zero attached hydrogens (tertiary/aromatic N) is 2. The predicted molar refractivity (Wildman–Crippen MR) is 117 cm³/mol. The van der Waals surface area contributed by atoms with Gasteiger partial charge in [0.25, 0.3) is 0 Å². The molecule has 0 saturated heterocycles. The molecule has 0 unspecified atom stereocenters. The molecule has 0 aliphatic rings. The lowest BCUT2D eigenvalue weighted by Crippen LogP contribution is -2.32. The smallest absolute Gasteiger partial charge is 0.243 e. The Morgan fingerprint density at radius 1 is 0.935 bits per heavy atom. The maximum atomic E-state index is 12.7. The molecular formula is C22H27N3O5S. The van der Waals surface area contributed by atoms with Crippen molar-refractivity contribution in [1.29, 1.82) is 0 Å². The van der Waals surface area contributed by atoms with Crippen LogP contribution in [-0.4, -0.2) is 43.2 Å². The summed E-state index contributed by atoms with van der Waals surface area (Å²) in [6.07, 6.45) is 3.17. The summed E-state index contributed by atoms with van der Waals surface area (Å²) in [5.41, 5.74) is 0.425. The molecule has 31 heavy (non-hydrogen) atoms. The van der Waals surface area contributed by atoms with Crippen molar-refractivity contribution in [3.05, 3.63) is 72.6 Å². The molecule has 3 aromatic rings. The molecule has 1 aromatic carbocycles. The van der Waals surface area contributed by atoms with Gasteiger partial charge in [-0.3, -0.25) is 9.69 Å². The van der Waals surface area contributed by atoms with Crippen LogP contribution < -0.4 is 5.32 Å². The largest absolute Gasteiger partial charge is 0.468 e. The standard InChI is InChI=1S/C22H27N3O5S/c1-3-25(4-2)31(27,28)21-11-5-8-18(14-21)23-22(26)17-24(15-19-9-6-12-29-19)16-20-10-7-13-30-20/h5-14H,3-4,15-17H2,1-2H3,(H,23,26). The van der Waals surface area contributed by atoms with E-state index in [1.807, 2.05) is 17.0 Å². The molecule has 9 heteroatoms. The van der Waals surface area contributed by atoms with E-state index in [9.17, 15) is 13.2 Å². The summed E-state index contributed by atoms with van der Waals surface area (Å²) < 4.78 is 37.7. The van der Waals surface area contributed by atoms with Crippen molar-refractivity contribution in [2.24, 2.45) is 0 Å². The molecule has 2 aromatic heterocycles. The highest BCUT2D eigenvalue weighted by molar-refractivity contribution is 7.89. The van der Waals surface area contributed by atoms with Crippen LogP contribution in [-0.2, 0) is 27.9 Å². The van der Waals surface area contributed by atoms with Gasteiger partial charge in [-0.2, -0.15) is 4.31 Å². The zero-order valence-corrected chi connectivity index (χ0v) is 18.5. The van der Waals surface area contributed by atoms with Crippen LogP contribution in [0.5, 0.6) is 0 Å². The van der Waals surface area contributed by atoms with Crippen molar-refractivity contribution < 1.29 is 22.0 Å². The quantitative estimate of drug-likeness (QED) is 0.485. The number of amides is 1. The van der Waals surface area contributed by atoms with Gasteiger partial charge < -0.3 is 14.2 Å². The molecule has 1 amide bonds. The molecule has 0 radical (unpaired) electrons. The maximum Gasteiger partial charge on any atom is 0.243 e. The number of hydrogen-bond donors (Lipinski definition) is 1. The van der Waals surface area contributed by atoms with Gasteiger partial charge in [0.05, 0.1) is 37.1 Å². The molecule has 0 saturated carbocycles. The molecule has 2 heterocycles. The lowest BCUT2D eigenvalue weighted by Gasteiger charge is -2.20. The van der Waals surface area contributed by atoms with Gasteiger partial charge in [-0.25, -0.2) is 8.42 Å². The first-order chi connectivity index (χ1) is 14.9. The summed E-state index contributed by atoms with van der Waals surface area (Å²) in [6, 6.07) is 13.6. The van der Waals surface area contributed by atoms with Crippen LogP contribution in [0.3, 0.4) is 0 Å². The number of rotatable bonds is 11. The van der Waals surface area contributed by atoms with Crippen LogP contribution >= 0.6 is 0 Å². The molecule has 0 aliphatic heterocycles. The Kier molecular flexibility index (Phi) is 7.67. The molecule has 0 fully saturated rings. The Morgan fingerprint density at radius 2 is 1.55 bits per heavy atom. The van der Waals surface area contributed by atoms with E-state index in [1.54, 1.807) is 50.6 Å². The molecule has 0 atom stereocenters. The second kappa shape index (κ2) is 10.4. The highest BCUT2D eigenvalue weighted by Crippen LogP contribution is 2.20. The number of anilines is 1. The fraction of sp³-hybridized carbons (Fsp3) is 0.318. The Hall–Kier alpha value is -2.88. The number of furan rings is 2. The summed E-state index contributed by atoms with van der Waals surface area (Å²) in [5, 5.41) is 2.79. The Balaban J connectivity index is 1.70. The van der Waals surface area contributed by atoms with E-state index in [0.29, 0.717) is 31.9 Å². The molecule has 166 valence electrons. The van der Waals surface area contributed by atoms with Crippen LogP contribution in [0.25, 0.3) is 0 Å². The third kappa shape index (κ3) is 6.06. The Bertz CT molecular complexity index is 1020. The first kappa shape index (κ1) is 22.8. The van der Waals surface area contributed by atoms with Gasteiger partial charge in [0.2, 0.25) is 15.9 Å².